The van der Waals surface area contributed by atoms with Crippen molar-refractivity contribution in [2.45, 2.75) is 25.7 Å². The van der Waals surface area contributed by atoms with Crippen LogP contribution in [0.1, 0.15) is 19.4 Å². The third-order valence-electron chi connectivity index (χ3n) is 2.24. The molecule has 1 aromatic rings. The fourth-order valence-electron chi connectivity index (χ4n) is 1.34. The van der Waals surface area contributed by atoms with Gasteiger partial charge in [0.15, 0.2) is 9.84 Å². The van der Waals surface area contributed by atoms with Crippen molar-refractivity contribution in [3.05, 3.63) is 41.5 Å². The van der Waals surface area contributed by atoms with Gasteiger partial charge in [-0.2, -0.15) is 0 Å². The molecule has 0 aliphatic carbocycles. The van der Waals surface area contributed by atoms with Crippen LogP contribution >= 0.6 is 0 Å². The number of hydrogen-bond acceptors (Lipinski definition) is 4. The number of aliphatic hydroxyl groups excluding tert-OH is 1. The zero-order valence-electron chi connectivity index (χ0n) is 11.8. The third-order valence-corrected chi connectivity index (χ3v) is 4.06. The summed E-state index contributed by atoms with van der Waals surface area (Å²) in [5, 5.41) is 16.1. The molecule has 0 aromatic heterocycles. The Morgan fingerprint density at radius 1 is 1.20 bits per heavy atom. The summed E-state index contributed by atoms with van der Waals surface area (Å²) in [4.78, 5) is 9.32. The van der Waals surface area contributed by atoms with E-state index in [4.69, 9.17) is 15.0 Å². The van der Waals surface area contributed by atoms with E-state index in [-0.39, 0.29) is 12.4 Å². The van der Waals surface area contributed by atoms with Gasteiger partial charge in [-0.3, -0.25) is 4.79 Å². The van der Waals surface area contributed by atoms with Crippen LogP contribution in [0.25, 0.3) is 0 Å². The maximum Gasteiger partial charge on any atom is 0.300 e. The van der Waals surface area contributed by atoms with Gasteiger partial charge in [0.05, 0.1) is 17.3 Å². The van der Waals surface area contributed by atoms with Crippen molar-refractivity contribution < 1.29 is 23.4 Å². The average Bonchev–Trinajstić information content (AvgIpc) is 2.28. The Bertz CT molecular complexity index is 552. The molecule has 0 radical (unpaired) electrons. The number of sulfone groups is 1. The van der Waals surface area contributed by atoms with Crippen molar-refractivity contribution in [1.29, 1.82) is 0 Å². The van der Waals surface area contributed by atoms with Gasteiger partial charge in [0.25, 0.3) is 5.97 Å². The molecule has 6 heteroatoms. The summed E-state index contributed by atoms with van der Waals surface area (Å²) in [6.45, 7) is 4.56. The van der Waals surface area contributed by atoms with Crippen molar-refractivity contribution in [2.24, 2.45) is 0 Å². The number of aryl methyl sites for hydroxylation is 1. The zero-order chi connectivity index (χ0) is 15.8. The first kappa shape index (κ1) is 18.3. The minimum Gasteiger partial charge on any atom is -0.481 e. The van der Waals surface area contributed by atoms with Crippen LogP contribution in [0.5, 0.6) is 0 Å². The van der Waals surface area contributed by atoms with Gasteiger partial charge in [-0.1, -0.05) is 29.3 Å². The van der Waals surface area contributed by atoms with Gasteiger partial charge < -0.3 is 10.2 Å². The molecule has 0 aliphatic heterocycles. The summed E-state index contributed by atoms with van der Waals surface area (Å²) >= 11 is 0. The molecule has 0 saturated heterocycles. The smallest absolute Gasteiger partial charge is 0.300 e. The standard InChI is InChI=1S/C12H16O3S.C2H4O2/c1-10-3-5-12(6-4-10)16(14,15)9-11(2)7-8-13;1-2(3)4/h3-7,13H,8-9H2,1-2H3;1H3,(H,3,4). The quantitative estimate of drug-likeness (QED) is 0.827. The first-order valence-corrected chi connectivity index (χ1v) is 7.59. The monoisotopic (exact) mass is 300 g/mol. The zero-order valence-corrected chi connectivity index (χ0v) is 12.6. The Hall–Kier alpha value is -1.66. The molecule has 0 saturated carbocycles. The van der Waals surface area contributed by atoms with Gasteiger partial charge in [0.2, 0.25) is 0 Å². The summed E-state index contributed by atoms with van der Waals surface area (Å²) < 4.78 is 23.8. The summed E-state index contributed by atoms with van der Waals surface area (Å²) in [7, 11) is -3.28. The lowest BCUT2D eigenvalue weighted by Crippen LogP contribution is -2.08. The highest BCUT2D eigenvalue weighted by Crippen LogP contribution is 2.14. The molecule has 0 aliphatic rings. The van der Waals surface area contributed by atoms with Crippen LogP contribution in [0, 0.1) is 6.92 Å². The molecule has 0 bridgehead atoms. The van der Waals surface area contributed by atoms with Gasteiger partial charge in [0, 0.05) is 6.92 Å². The number of carbonyl (C=O) groups is 1. The maximum absolute atomic E-state index is 11.9. The normalized spacial score (nSPS) is 11.5. The number of carboxylic acid groups (broad SMARTS) is 1. The van der Waals surface area contributed by atoms with E-state index in [2.05, 4.69) is 0 Å². The van der Waals surface area contributed by atoms with Crippen LogP contribution in [0.3, 0.4) is 0 Å². The Morgan fingerprint density at radius 3 is 2.05 bits per heavy atom. The van der Waals surface area contributed by atoms with E-state index >= 15 is 0 Å². The van der Waals surface area contributed by atoms with Crippen LogP contribution < -0.4 is 0 Å². The molecular formula is C14H20O5S. The molecule has 0 atom stereocenters. The largest absolute Gasteiger partial charge is 0.481 e. The fourth-order valence-corrected chi connectivity index (χ4v) is 2.78. The second-order valence-electron chi connectivity index (χ2n) is 4.32. The van der Waals surface area contributed by atoms with E-state index in [0.717, 1.165) is 12.5 Å². The number of carboxylic acids is 1. The molecule has 0 unspecified atom stereocenters. The molecular weight excluding hydrogens is 280 g/mol. The predicted octanol–water partition coefficient (Wildman–Crippen LogP) is 1.80. The van der Waals surface area contributed by atoms with E-state index in [0.29, 0.717) is 10.5 Å². The van der Waals surface area contributed by atoms with Crippen molar-refractivity contribution in [1.82, 2.24) is 0 Å². The Kier molecular flexibility index (Phi) is 7.79. The molecule has 5 nitrogen and oxygen atoms in total. The molecule has 0 heterocycles. The summed E-state index contributed by atoms with van der Waals surface area (Å²) in [5.41, 5.74) is 1.68. The SMILES string of the molecule is CC(=CCO)CS(=O)(=O)c1ccc(C)cc1.CC(=O)O. The van der Waals surface area contributed by atoms with Gasteiger partial charge in [-0.05, 0) is 26.0 Å². The highest BCUT2D eigenvalue weighted by molar-refractivity contribution is 7.91. The Labute approximate surface area is 119 Å². The second-order valence-corrected chi connectivity index (χ2v) is 6.31. The van der Waals surface area contributed by atoms with Crippen LogP contribution in [0.15, 0.2) is 40.8 Å². The number of hydrogen-bond donors (Lipinski definition) is 2. The van der Waals surface area contributed by atoms with Gasteiger partial charge in [-0.15, -0.1) is 0 Å². The van der Waals surface area contributed by atoms with Gasteiger partial charge in [-0.25, -0.2) is 8.42 Å². The summed E-state index contributed by atoms with van der Waals surface area (Å²) in [5.74, 6) is -0.878. The van der Waals surface area contributed by atoms with Gasteiger partial charge in [0.1, 0.15) is 0 Å². The lowest BCUT2D eigenvalue weighted by molar-refractivity contribution is -0.134. The van der Waals surface area contributed by atoms with E-state index in [1.165, 1.54) is 6.08 Å². The Morgan fingerprint density at radius 2 is 1.65 bits per heavy atom. The minimum absolute atomic E-state index is 0.0450. The molecule has 1 rings (SSSR count). The second kappa shape index (κ2) is 8.50. The average molecular weight is 300 g/mol. The molecule has 0 fully saturated rings. The fraction of sp³-hybridized carbons (Fsp3) is 0.357. The van der Waals surface area contributed by atoms with E-state index in [9.17, 15) is 8.42 Å². The van der Waals surface area contributed by atoms with Crippen molar-refractivity contribution in [3.63, 3.8) is 0 Å². The van der Waals surface area contributed by atoms with Crippen molar-refractivity contribution in [2.75, 3.05) is 12.4 Å². The summed E-state index contributed by atoms with van der Waals surface area (Å²) in [6.07, 6.45) is 1.51. The maximum atomic E-state index is 11.9. The highest BCUT2D eigenvalue weighted by atomic mass is 32.2. The lowest BCUT2D eigenvalue weighted by atomic mass is 10.2. The van der Waals surface area contributed by atoms with E-state index < -0.39 is 15.8 Å². The first-order chi connectivity index (χ1) is 9.19. The minimum atomic E-state index is -3.28. The number of aliphatic carboxylic acids is 1. The van der Waals surface area contributed by atoms with E-state index in [1.807, 2.05) is 6.92 Å². The predicted molar refractivity (Wildman–Crippen MR) is 77.4 cm³/mol. The lowest BCUT2D eigenvalue weighted by Gasteiger charge is -2.05. The van der Waals surface area contributed by atoms with Crippen LogP contribution in [0.4, 0.5) is 0 Å². The molecule has 20 heavy (non-hydrogen) atoms. The number of aliphatic hydroxyl groups is 1. The third kappa shape index (κ3) is 7.70. The van der Waals surface area contributed by atoms with Crippen LogP contribution in [-0.4, -0.2) is 37.0 Å². The van der Waals surface area contributed by atoms with Crippen molar-refractivity contribution in [3.8, 4) is 0 Å². The highest BCUT2D eigenvalue weighted by Gasteiger charge is 2.14. The number of rotatable bonds is 4. The first-order valence-electron chi connectivity index (χ1n) is 5.94. The molecule has 112 valence electrons. The summed E-state index contributed by atoms with van der Waals surface area (Å²) in [6, 6.07) is 6.77. The molecule has 0 spiro atoms. The van der Waals surface area contributed by atoms with Crippen LogP contribution in [0.2, 0.25) is 0 Å². The number of benzene rings is 1. The van der Waals surface area contributed by atoms with Crippen LogP contribution in [-0.2, 0) is 14.6 Å². The Balaban J connectivity index is 0.000000796. The van der Waals surface area contributed by atoms with Crippen molar-refractivity contribution >= 4 is 15.8 Å². The van der Waals surface area contributed by atoms with E-state index in [1.54, 1.807) is 31.2 Å². The van der Waals surface area contributed by atoms with Gasteiger partial charge >= 0.3 is 0 Å². The topological polar surface area (TPSA) is 91.7 Å². The molecule has 1 aromatic carbocycles. The molecule has 2 N–H and O–H groups in total. The molecule has 0 amide bonds.